The number of nitrogens with zero attached hydrogens (tertiary/aromatic N) is 1. The van der Waals surface area contributed by atoms with Crippen molar-refractivity contribution in [2.75, 3.05) is 0 Å². The Morgan fingerprint density at radius 3 is 2.58 bits per heavy atom. The predicted molar refractivity (Wildman–Crippen MR) is 71.2 cm³/mol. The standard InChI is InChI=1S/C16H14FNO/c17-14-7-4-8-15(11-14)19-16(12-18)10-9-13-5-2-1-3-6-13/h1-8,11,16H,9-10H2. The van der Waals surface area contributed by atoms with E-state index in [9.17, 15) is 4.39 Å². The topological polar surface area (TPSA) is 33.0 Å². The summed E-state index contributed by atoms with van der Waals surface area (Å²) in [6, 6.07) is 17.8. The van der Waals surface area contributed by atoms with Crippen molar-refractivity contribution in [3.05, 3.63) is 66.0 Å². The van der Waals surface area contributed by atoms with Gasteiger partial charge in [0.2, 0.25) is 0 Å². The zero-order valence-corrected chi connectivity index (χ0v) is 10.4. The van der Waals surface area contributed by atoms with Gasteiger partial charge in [0.25, 0.3) is 0 Å². The van der Waals surface area contributed by atoms with Crippen molar-refractivity contribution < 1.29 is 9.13 Å². The minimum atomic E-state index is -0.568. The van der Waals surface area contributed by atoms with Crippen LogP contribution in [0.3, 0.4) is 0 Å². The molecule has 19 heavy (non-hydrogen) atoms. The third kappa shape index (κ3) is 4.11. The lowest BCUT2D eigenvalue weighted by Crippen LogP contribution is -2.15. The van der Waals surface area contributed by atoms with Crippen LogP contribution in [0.2, 0.25) is 0 Å². The SMILES string of the molecule is N#CC(CCc1ccccc1)Oc1cccc(F)c1. The first-order chi connectivity index (χ1) is 9.28. The second-order valence-electron chi connectivity index (χ2n) is 4.22. The van der Waals surface area contributed by atoms with E-state index in [-0.39, 0.29) is 5.82 Å². The van der Waals surface area contributed by atoms with Crippen LogP contribution in [0.1, 0.15) is 12.0 Å². The first kappa shape index (κ1) is 13.1. The Morgan fingerprint density at radius 1 is 1.11 bits per heavy atom. The maximum Gasteiger partial charge on any atom is 0.184 e. The second-order valence-corrected chi connectivity index (χ2v) is 4.22. The molecule has 0 heterocycles. The molecule has 2 nitrogen and oxygen atoms in total. The Hall–Kier alpha value is -2.34. The predicted octanol–water partition coefficient (Wildman–Crippen LogP) is 3.73. The van der Waals surface area contributed by atoms with E-state index in [2.05, 4.69) is 6.07 Å². The van der Waals surface area contributed by atoms with Crippen LogP contribution in [-0.4, -0.2) is 6.10 Å². The summed E-state index contributed by atoms with van der Waals surface area (Å²) in [6.07, 6.45) is 0.771. The van der Waals surface area contributed by atoms with Crippen molar-refractivity contribution >= 4 is 0 Å². The lowest BCUT2D eigenvalue weighted by molar-refractivity contribution is 0.244. The second kappa shape index (κ2) is 6.55. The summed E-state index contributed by atoms with van der Waals surface area (Å²) in [5.41, 5.74) is 1.16. The molecule has 3 heteroatoms. The van der Waals surface area contributed by atoms with E-state index in [0.717, 1.165) is 12.0 Å². The molecule has 0 N–H and O–H groups in total. The summed E-state index contributed by atoms with van der Waals surface area (Å²) in [6.45, 7) is 0. The number of rotatable bonds is 5. The van der Waals surface area contributed by atoms with Gasteiger partial charge in [0.15, 0.2) is 6.10 Å². The smallest absolute Gasteiger partial charge is 0.184 e. The van der Waals surface area contributed by atoms with Gasteiger partial charge in [-0.25, -0.2) is 4.39 Å². The molecule has 0 amide bonds. The number of nitriles is 1. The minimum Gasteiger partial charge on any atom is -0.475 e. The maximum atomic E-state index is 13.0. The van der Waals surface area contributed by atoms with Crippen molar-refractivity contribution in [1.29, 1.82) is 5.26 Å². The molecule has 96 valence electrons. The largest absolute Gasteiger partial charge is 0.475 e. The van der Waals surface area contributed by atoms with Gasteiger partial charge in [0.05, 0.1) is 0 Å². The number of ether oxygens (including phenoxy) is 1. The molecule has 0 aliphatic heterocycles. The van der Waals surface area contributed by atoms with E-state index in [4.69, 9.17) is 10.00 Å². The van der Waals surface area contributed by atoms with E-state index in [1.165, 1.54) is 12.1 Å². The fraction of sp³-hybridized carbons (Fsp3) is 0.188. The average molecular weight is 255 g/mol. The lowest BCUT2D eigenvalue weighted by Gasteiger charge is -2.12. The van der Waals surface area contributed by atoms with Gasteiger partial charge in [0, 0.05) is 12.5 Å². The highest BCUT2D eigenvalue weighted by Crippen LogP contribution is 2.16. The van der Waals surface area contributed by atoms with Crippen LogP contribution in [0.15, 0.2) is 54.6 Å². The van der Waals surface area contributed by atoms with Crippen LogP contribution in [0.4, 0.5) is 4.39 Å². The Morgan fingerprint density at radius 2 is 1.89 bits per heavy atom. The van der Waals surface area contributed by atoms with Crippen LogP contribution in [-0.2, 0) is 6.42 Å². The van der Waals surface area contributed by atoms with E-state index >= 15 is 0 Å². The van der Waals surface area contributed by atoms with Gasteiger partial charge in [0.1, 0.15) is 17.6 Å². The van der Waals surface area contributed by atoms with Crippen LogP contribution in [0.5, 0.6) is 5.75 Å². The van der Waals surface area contributed by atoms with Crippen molar-refractivity contribution in [1.82, 2.24) is 0 Å². The Bertz CT molecular complexity index is 562. The molecule has 0 fully saturated rings. The molecule has 0 aliphatic carbocycles. The highest BCUT2D eigenvalue weighted by molar-refractivity contribution is 5.23. The highest BCUT2D eigenvalue weighted by Gasteiger charge is 2.09. The zero-order chi connectivity index (χ0) is 13.5. The fourth-order valence-corrected chi connectivity index (χ4v) is 1.80. The molecule has 0 aliphatic rings. The van der Waals surface area contributed by atoms with Gasteiger partial charge < -0.3 is 4.74 Å². The van der Waals surface area contributed by atoms with Crippen molar-refractivity contribution in [3.63, 3.8) is 0 Å². The number of hydrogen-bond acceptors (Lipinski definition) is 2. The van der Waals surface area contributed by atoms with Crippen molar-refractivity contribution in [3.8, 4) is 11.8 Å². The van der Waals surface area contributed by atoms with Gasteiger partial charge in [-0.1, -0.05) is 36.4 Å². The van der Waals surface area contributed by atoms with Crippen LogP contribution >= 0.6 is 0 Å². The highest BCUT2D eigenvalue weighted by atomic mass is 19.1. The first-order valence-electron chi connectivity index (χ1n) is 6.13. The number of hydrogen-bond donors (Lipinski definition) is 0. The van der Waals surface area contributed by atoms with Gasteiger partial charge >= 0.3 is 0 Å². The molecular formula is C16H14FNO. The molecule has 2 aromatic carbocycles. The van der Waals surface area contributed by atoms with Crippen molar-refractivity contribution in [2.45, 2.75) is 18.9 Å². The fourth-order valence-electron chi connectivity index (χ4n) is 1.80. The molecule has 0 bridgehead atoms. The van der Waals surface area contributed by atoms with Crippen LogP contribution in [0, 0.1) is 17.1 Å². The third-order valence-electron chi connectivity index (χ3n) is 2.76. The third-order valence-corrected chi connectivity index (χ3v) is 2.76. The average Bonchev–Trinajstić information content (AvgIpc) is 2.44. The van der Waals surface area contributed by atoms with E-state index in [0.29, 0.717) is 12.2 Å². The van der Waals surface area contributed by atoms with Crippen LogP contribution in [0.25, 0.3) is 0 Å². The van der Waals surface area contributed by atoms with Gasteiger partial charge in [-0.2, -0.15) is 5.26 Å². The lowest BCUT2D eigenvalue weighted by atomic mass is 10.1. The number of benzene rings is 2. The molecular weight excluding hydrogens is 241 g/mol. The Balaban J connectivity index is 1.92. The van der Waals surface area contributed by atoms with E-state index < -0.39 is 6.10 Å². The molecule has 1 atom stereocenters. The zero-order valence-electron chi connectivity index (χ0n) is 10.4. The van der Waals surface area contributed by atoms with Crippen molar-refractivity contribution in [2.24, 2.45) is 0 Å². The molecule has 2 aromatic rings. The van der Waals surface area contributed by atoms with Crippen LogP contribution < -0.4 is 4.74 Å². The molecule has 1 unspecified atom stereocenters. The van der Waals surface area contributed by atoms with E-state index in [1.807, 2.05) is 30.3 Å². The summed E-state index contributed by atoms with van der Waals surface area (Å²) in [4.78, 5) is 0. The summed E-state index contributed by atoms with van der Waals surface area (Å²) < 4.78 is 18.5. The number of aryl methyl sites for hydroxylation is 1. The van der Waals surface area contributed by atoms with Gasteiger partial charge in [-0.05, 0) is 24.1 Å². The first-order valence-corrected chi connectivity index (χ1v) is 6.13. The summed E-state index contributed by atoms with van der Waals surface area (Å²) >= 11 is 0. The Labute approximate surface area is 112 Å². The molecule has 0 radical (unpaired) electrons. The van der Waals surface area contributed by atoms with Gasteiger partial charge in [-0.3, -0.25) is 0 Å². The number of halogens is 1. The van der Waals surface area contributed by atoms with E-state index in [1.54, 1.807) is 12.1 Å². The maximum absolute atomic E-state index is 13.0. The normalized spacial score (nSPS) is 11.6. The summed E-state index contributed by atoms with van der Waals surface area (Å²) in [7, 11) is 0. The molecule has 0 spiro atoms. The van der Waals surface area contributed by atoms with Gasteiger partial charge in [-0.15, -0.1) is 0 Å². The monoisotopic (exact) mass is 255 g/mol. The molecule has 2 rings (SSSR count). The molecule has 0 saturated carbocycles. The summed E-state index contributed by atoms with van der Waals surface area (Å²) in [5, 5.41) is 9.07. The molecule has 0 saturated heterocycles. The minimum absolute atomic E-state index is 0.364. The molecule has 0 aromatic heterocycles. The Kier molecular flexibility index (Phi) is 4.52. The summed E-state index contributed by atoms with van der Waals surface area (Å²) in [5.74, 6) is 0.0249. The quantitative estimate of drug-likeness (QED) is 0.815.